The molecule has 1 aliphatic carbocycles. The quantitative estimate of drug-likeness (QED) is 0.733. The van der Waals surface area contributed by atoms with E-state index in [0.717, 1.165) is 25.5 Å². The average molecular weight is 276 g/mol. The first-order chi connectivity index (χ1) is 10.4. The highest BCUT2D eigenvalue weighted by atomic mass is 16.1. The molecule has 0 aliphatic heterocycles. The molecule has 3 rings (SSSR count). The van der Waals surface area contributed by atoms with Gasteiger partial charge in [0.05, 0.1) is 0 Å². The number of hydrogen-bond donors (Lipinski definition) is 0. The minimum absolute atomic E-state index is 0.143. The van der Waals surface area contributed by atoms with Crippen molar-refractivity contribution in [3.8, 4) is 0 Å². The van der Waals surface area contributed by atoms with Crippen LogP contribution < -0.4 is 0 Å². The smallest absolute Gasteiger partial charge is 0.123 e. The van der Waals surface area contributed by atoms with Crippen LogP contribution in [0.1, 0.15) is 24.0 Å². The molecule has 21 heavy (non-hydrogen) atoms. The van der Waals surface area contributed by atoms with Gasteiger partial charge in [0.15, 0.2) is 0 Å². The van der Waals surface area contributed by atoms with E-state index in [9.17, 15) is 4.79 Å². The van der Waals surface area contributed by atoms with Crippen LogP contribution in [0.4, 0.5) is 0 Å². The Morgan fingerprint density at radius 2 is 1.62 bits per heavy atom. The van der Waals surface area contributed by atoms with E-state index in [1.54, 1.807) is 0 Å². The number of aryl methyl sites for hydroxylation is 1. The number of hydrogen-bond acceptors (Lipinski definition) is 1. The molecule has 0 heterocycles. The summed E-state index contributed by atoms with van der Waals surface area (Å²) in [6.07, 6.45) is 6.42. The third-order valence-electron chi connectivity index (χ3n) is 4.35. The molecule has 2 atom stereocenters. The van der Waals surface area contributed by atoms with Gasteiger partial charge in [-0.05, 0) is 41.9 Å². The van der Waals surface area contributed by atoms with Gasteiger partial charge >= 0.3 is 0 Å². The zero-order chi connectivity index (χ0) is 14.5. The minimum Gasteiger partial charge on any atom is -0.303 e. The molecule has 0 amide bonds. The highest BCUT2D eigenvalue weighted by Gasteiger charge is 2.27. The molecule has 0 saturated carbocycles. The lowest BCUT2D eigenvalue weighted by atomic mass is 9.91. The van der Waals surface area contributed by atoms with E-state index in [2.05, 4.69) is 54.6 Å². The lowest BCUT2D eigenvalue weighted by Gasteiger charge is -2.13. The molecular weight excluding hydrogens is 256 g/mol. The zero-order valence-electron chi connectivity index (χ0n) is 12.1. The van der Waals surface area contributed by atoms with Crippen LogP contribution in [0.5, 0.6) is 0 Å². The van der Waals surface area contributed by atoms with Crippen LogP contribution in [0.3, 0.4) is 0 Å². The first kappa shape index (κ1) is 13.8. The van der Waals surface area contributed by atoms with Crippen LogP contribution >= 0.6 is 0 Å². The second kappa shape index (κ2) is 6.53. The van der Waals surface area contributed by atoms with Crippen molar-refractivity contribution in [2.75, 3.05) is 0 Å². The van der Waals surface area contributed by atoms with Gasteiger partial charge < -0.3 is 4.79 Å². The van der Waals surface area contributed by atoms with E-state index in [1.807, 2.05) is 12.1 Å². The van der Waals surface area contributed by atoms with Gasteiger partial charge in [0.2, 0.25) is 0 Å². The van der Waals surface area contributed by atoms with E-state index < -0.39 is 0 Å². The topological polar surface area (TPSA) is 17.1 Å². The van der Waals surface area contributed by atoms with Crippen LogP contribution in [0, 0.1) is 11.8 Å². The third kappa shape index (κ3) is 3.30. The van der Waals surface area contributed by atoms with E-state index >= 15 is 0 Å². The molecule has 0 fully saturated rings. The summed E-state index contributed by atoms with van der Waals surface area (Å²) in [6, 6.07) is 20.9. The molecule has 2 aromatic rings. The number of rotatable bonds is 5. The summed E-state index contributed by atoms with van der Waals surface area (Å²) in [5.41, 5.74) is 3.93. The number of allylic oxidation sites excluding steroid dienone is 2. The molecule has 106 valence electrons. The fourth-order valence-electron chi connectivity index (χ4n) is 3.15. The van der Waals surface area contributed by atoms with E-state index in [-0.39, 0.29) is 5.92 Å². The summed E-state index contributed by atoms with van der Waals surface area (Å²) in [5.74, 6) is 0.516. The predicted molar refractivity (Wildman–Crippen MR) is 86.8 cm³/mol. The lowest BCUT2D eigenvalue weighted by Crippen LogP contribution is -2.10. The lowest BCUT2D eigenvalue weighted by molar-refractivity contribution is -0.111. The molecular formula is C20H20O. The van der Waals surface area contributed by atoms with Crippen molar-refractivity contribution < 1.29 is 4.79 Å². The Morgan fingerprint density at radius 1 is 0.952 bits per heavy atom. The molecule has 0 bridgehead atoms. The van der Waals surface area contributed by atoms with Crippen molar-refractivity contribution in [1.29, 1.82) is 0 Å². The van der Waals surface area contributed by atoms with E-state index in [0.29, 0.717) is 5.92 Å². The van der Waals surface area contributed by atoms with Crippen molar-refractivity contribution >= 4 is 11.9 Å². The number of carbonyl (C=O) groups excluding carboxylic acids is 1. The van der Waals surface area contributed by atoms with Crippen molar-refractivity contribution in [2.24, 2.45) is 11.8 Å². The van der Waals surface area contributed by atoms with Crippen molar-refractivity contribution in [1.82, 2.24) is 0 Å². The van der Waals surface area contributed by atoms with Gasteiger partial charge in [-0.3, -0.25) is 0 Å². The Kier molecular flexibility index (Phi) is 4.30. The van der Waals surface area contributed by atoms with Gasteiger partial charge in [0.1, 0.15) is 6.29 Å². The summed E-state index contributed by atoms with van der Waals surface area (Å²) in [5, 5.41) is 0. The van der Waals surface area contributed by atoms with Gasteiger partial charge in [-0.25, -0.2) is 0 Å². The first-order valence-corrected chi connectivity index (χ1v) is 7.62. The van der Waals surface area contributed by atoms with Crippen LogP contribution in [0.15, 0.2) is 66.7 Å². The fraction of sp³-hybridized carbons (Fsp3) is 0.250. The average Bonchev–Trinajstić information content (AvgIpc) is 2.98. The van der Waals surface area contributed by atoms with Gasteiger partial charge in [-0.2, -0.15) is 0 Å². The van der Waals surface area contributed by atoms with Gasteiger partial charge in [0.25, 0.3) is 0 Å². The molecule has 2 aromatic carbocycles. The van der Waals surface area contributed by atoms with Crippen LogP contribution in [0.25, 0.3) is 5.57 Å². The molecule has 0 unspecified atom stereocenters. The van der Waals surface area contributed by atoms with Crippen LogP contribution in [-0.4, -0.2) is 6.29 Å². The Balaban J connectivity index is 1.71. The zero-order valence-corrected chi connectivity index (χ0v) is 12.1. The summed E-state index contributed by atoms with van der Waals surface area (Å²) < 4.78 is 0. The third-order valence-corrected chi connectivity index (χ3v) is 4.35. The number of benzene rings is 2. The fourth-order valence-corrected chi connectivity index (χ4v) is 3.15. The summed E-state index contributed by atoms with van der Waals surface area (Å²) in [6.45, 7) is 0. The maximum absolute atomic E-state index is 11.4. The first-order valence-electron chi connectivity index (χ1n) is 7.62. The van der Waals surface area contributed by atoms with Crippen LogP contribution in [-0.2, 0) is 11.2 Å². The highest BCUT2D eigenvalue weighted by Crippen LogP contribution is 2.37. The number of carbonyl (C=O) groups is 1. The SMILES string of the molecule is O=C[C@H]1CC(c2ccccc2)=C[C@H]1CCc1ccccc1. The maximum Gasteiger partial charge on any atom is 0.123 e. The monoisotopic (exact) mass is 276 g/mol. The standard InChI is InChI=1S/C20H20O/c21-15-20-14-19(17-9-5-2-6-10-17)13-18(20)12-11-16-7-3-1-4-8-16/h1-10,13,15,18,20H,11-12,14H2/t18-,20-/m1/s1. The Morgan fingerprint density at radius 3 is 2.29 bits per heavy atom. The second-order valence-electron chi connectivity index (χ2n) is 5.75. The van der Waals surface area contributed by atoms with Crippen molar-refractivity contribution in [3.63, 3.8) is 0 Å². The van der Waals surface area contributed by atoms with E-state index in [1.165, 1.54) is 16.7 Å². The Bertz CT molecular complexity index is 613. The van der Waals surface area contributed by atoms with Crippen molar-refractivity contribution in [3.05, 3.63) is 77.9 Å². The van der Waals surface area contributed by atoms with Gasteiger partial charge in [0, 0.05) is 5.92 Å². The molecule has 0 N–H and O–H groups in total. The highest BCUT2D eigenvalue weighted by molar-refractivity contribution is 5.73. The van der Waals surface area contributed by atoms with Gasteiger partial charge in [-0.1, -0.05) is 66.7 Å². The summed E-state index contributed by atoms with van der Waals surface area (Å²) in [7, 11) is 0. The van der Waals surface area contributed by atoms with Crippen LogP contribution in [0.2, 0.25) is 0 Å². The summed E-state index contributed by atoms with van der Waals surface area (Å²) >= 11 is 0. The van der Waals surface area contributed by atoms with E-state index in [4.69, 9.17) is 0 Å². The summed E-state index contributed by atoms with van der Waals surface area (Å²) in [4.78, 5) is 11.4. The van der Waals surface area contributed by atoms with Crippen molar-refractivity contribution in [2.45, 2.75) is 19.3 Å². The minimum atomic E-state index is 0.143. The molecule has 1 heteroatoms. The Hall–Kier alpha value is -2.15. The molecule has 0 radical (unpaired) electrons. The molecule has 0 spiro atoms. The molecule has 0 saturated heterocycles. The predicted octanol–water partition coefficient (Wildman–Crippen LogP) is 4.54. The molecule has 1 aliphatic rings. The Labute approximate surface area is 126 Å². The molecule has 1 nitrogen and oxygen atoms in total. The normalized spacial score (nSPS) is 21.0. The second-order valence-corrected chi connectivity index (χ2v) is 5.75. The maximum atomic E-state index is 11.4. The van der Waals surface area contributed by atoms with Gasteiger partial charge in [-0.15, -0.1) is 0 Å². The largest absolute Gasteiger partial charge is 0.303 e. The number of aldehydes is 1. The molecule has 0 aromatic heterocycles.